The molecule has 0 spiro atoms. The Kier molecular flexibility index (Phi) is 3.01. The average molecular weight is 259 g/mol. The lowest BCUT2D eigenvalue weighted by atomic mass is 10.0. The Morgan fingerprint density at radius 3 is 2.89 bits per heavy atom. The van der Waals surface area contributed by atoms with Crippen molar-refractivity contribution in [3.05, 3.63) is 46.8 Å². The second-order valence-electron chi connectivity index (χ2n) is 5.20. The third kappa shape index (κ3) is 2.23. The van der Waals surface area contributed by atoms with Gasteiger partial charge in [0, 0.05) is 12.2 Å². The first-order chi connectivity index (χ1) is 9.15. The Labute approximate surface area is 112 Å². The van der Waals surface area contributed by atoms with E-state index in [0.29, 0.717) is 6.54 Å². The summed E-state index contributed by atoms with van der Waals surface area (Å²) < 4.78 is 15.7. The van der Waals surface area contributed by atoms with E-state index in [1.807, 2.05) is 13.0 Å². The maximum absolute atomic E-state index is 13.5. The molecule has 1 aromatic heterocycles. The second kappa shape index (κ2) is 4.68. The zero-order valence-electron chi connectivity index (χ0n) is 11.1. The molecule has 1 aromatic carbocycles. The fraction of sp³-hybridized carbons (Fsp3) is 0.400. The molecule has 3 nitrogen and oxygen atoms in total. The SMILES string of the molecule is Cc1nc2c(n1Cc1ccc(N)c(F)c1)CCCC2. The highest BCUT2D eigenvalue weighted by molar-refractivity contribution is 5.41. The van der Waals surface area contributed by atoms with E-state index in [1.165, 1.54) is 30.3 Å². The molecule has 0 fully saturated rings. The molecule has 0 saturated heterocycles. The van der Waals surface area contributed by atoms with Gasteiger partial charge in [-0.3, -0.25) is 0 Å². The van der Waals surface area contributed by atoms with Crippen molar-refractivity contribution in [2.45, 2.75) is 39.2 Å². The first kappa shape index (κ1) is 12.2. The van der Waals surface area contributed by atoms with Crippen molar-refractivity contribution in [3.8, 4) is 0 Å². The van der Waals surface area contributed by atoms with Gasteiger partial charge in [-0.25, -0.2) is 9.37 Å². The van der Waals surface area contributed by atoms with Gasteiger partial charge < -0.3 is 10.3 Å². The van der Waals surface area contributed by atoms with Crippen LogP contribution in [-0.2, 0) is 19.4 Å². The Hall–Kier alpha value is -1.84. The number of nitrogens with zero attached hydrogens (tertiary/aromatic N) is 2. The minimum absolute atomic E-state index is 0.202. The molecule has 19 heavy (non-hydrogen) atoms. The van der Waals surface area contributed by atoms with Gasteiger partial charge in [0.05, 0.1) is 11.4 Å². The number of nitrogen functional groups attached to an aromatic ring is 1. The van der Waals surface area contributed by atoms with E-state index >= 15 is 0 Å². The van der Waals surface area contributed by atoms with Crippen LogP contribution in [0.15, 0.2) is 18.2 Å². The summed E-state index contributed by atoms with van der Waals surface area (Å²) in [6, 6.07) is 5.03. The second-order valence-corrected chi connectivity index (χ2v) is 5.20. The number of nitrogens with two attached hydrogens (primary N) is 1. The first-order valence-electron chi connectivity index (χ1n) is 6.74. The highest BCUT2D eigenvalue weighted by Gasteiger charge is 2.18. The van der Waals surface area contributed by atoms with Crippen LogP contribution >= 0.6 is 0 Å². The molecule has 0 saturated carbocycles. The largest absolute Gasteiger partial charge is 0.396 e. The topological polar surface area (TPSA) is 43.8 Å². The molecule has 1 aliphatic carbocycles. The lowest BCUT2D eigenvalue weighted by Gasteiger charge is -2.15. The first-order valence-corrected chi connectivity index (χ1v) is 6.74. The smallest absolute Gasteiger partial charge is 0.146 e. The molecule has 0 aliphatic heterocycles. The van der Waals surface area contributed by atoms with Crippen molar-refractivity contribution in [1.29, 1.82) is 0 Å². The number of fused-ring (bicyclic) bond motifs is 1. The van der Waals surface area contributed by atoms with Gasteiger partial charge in [0.2, 0.25) is 0 Å². The zero-order valence-corrected chi connectivity index (χ0v) is 11.1. The molecule has 0 amide bonds. The average Bonchev–Trinajstić information content (AvgIpc) is 2.71. The van der Waals surface area contributed by atoms with Crippen molar-refractivity contribution in [2.75, 3.05) is 5.73 Å². The Balaban J connectivity index is 1.94. The molecule has 1 heterocycles. The Morgan fingerprint density at radius 1 is 1.32 bits per heavy atom. The van der Waals surface area contributed by atoms with Crippen molar-refractivity contribution in [2.24, 2.45) is 0 Å². The molecule has 0 atom stereocenters. The predicted molar refractivity (Wildman–Crippen MR) is 73.5 cm³/mol. The number of rotatable bonds is 2. The minimum atomic E-state index is -0.343. The van der Waals surface area contributed by atoms with Gasteiger partial charge in [-0.05, 0) is 50.3 Å². The van der Waals surface area contributed by atoms with E-state index in [2.05, 4.69) is 9.55 Å². The number of benzene rings is 1. The van der Waals surface area contributed by atoms with E-state index in [1.54, 1.807) is 6.07 Å². The summed E-state index contributed by atoms with van der Waals surface area (Å²) in [5, 5.41) is 0. The monoisotopic (exact) mass is 259 g/mol. The summed E-state index contributed by atoms with van der Waals surface area (Å²) >= 11 is 0. The number of aromatic nitrogens is 2. The summed E-state index contributed by atoms with van der Waals surface area (Å²) in [5.74, 6) is 0.674. The molecule has 2 N–H and O–H groups in total. The van der Waals surface area contributed by atoms with Gasteiger partial charge in [0.25, 0.3) is 0 Å². The standard InChI is InChI=1S/C15H18FN3/c1-10-18-14-4-2-3-5-15(14)19(10)9-11-6-7-13(17)12(16)8-11/h6-8H,2-5,9,17H2,1H3. The van der Waals surface area contributed by atoms with Gasteiger partial charge in [0.15, 0.2) is 0 Å². The molecule has 4 heteroatoms. The van der Waals surface area contributed by atoms with Crippen LogP contribution in [0, 0.1) is 12.7 Å². The highest BCUT2D eigenvalue weighted by atomic mass is 19.1. The zero-order chi connectivity index (χ0) is 13.4. The van der Waals surface area contributed by atoms with E-state index in [-0.39, 0.29) is 11.5 Å². The number of anilines is 1. The maximum Gasteiger partial charge on any atom is 0.146 e. The lowest BCUT2D eigenvalue weighted by molar-refractivity contribution is 0.614. The normalized spacial score (nSPS) is 14.4. The number of halogens is 1. The summed E-state index contributed by atoms with van der Waals surface area (Å²) in [7, 11) is 0. The van der Waals surface area contributed by atoms with Gasteiger partial charge >= 0.3 is 0 Å². The van der Waals surface area contributed by atoms with Gasteiger partial charge in [-0.1, -0.05) is 6.07 Å². The molecule has 2 aromatic rings. The molecule has 1 aliphatic rings. The third-order valence-electron chi connectivity index (χ3n) is 3.83. The van der Waals surface area contributed by atoms with E-state index < -0.39 is 0 Å². The number of hydrogen-bond donors (Lipinski definition) is 1. The number of aryl methyl sites for hydroxylation is 2. The van der Waals surface area contributed by atoms with Crippen LogP contribution in [0.25, 0.3) is 0 Å². The minimum Gasteiger partial charge on any atom is -0.396 e. The van der Waals surface area contributed by atoms with Gasteiger partial charge in [0.1, 0.15) is 11.6 Å². The van der Waals surface area contributed by atoms with Crippen LogP contribution in [0.5, 0.6) is 0 Å². The van der Waals surface area contributed by atoms with Crippen molar-refractivity contribution in [1.82, 2.24) is 9.55 Å². The quantitative estimate of drug-likeness (QED) is 0.843. The number of imidazole rings is 1. The number of hydrogen-bond acceptors (Lipinski definition) is 2. The van der Waals surface area contributed by atoms with Crippen LogP contribution in [0.4, 0.5) is 10.1 Å². The maximum atomic E-state index is 13.5. The summed E-state index contributed by atoms with van der Waals surface area (Å²) in [6.07, 6.45) is 4.58. The molecule has 0 bridgehead atoms. The van der Waals surface area contributed by atoms with Crippen LogP contribution in [0.2, 0.25) is 0 Å². The molecular weight excluding hydrogens is 241 g/mol. The molecule has 3 rings (SSSR count). The summed E-state index contributed by atoms with van der Waals surface area (Å²) in [4.78, 5) is 4.63. The molecule has 0 radical (unpaired) electrons. The Morgan fingerprint density at radius 2 is 2.11 bits per heavy atom. The lowest BCUT2D eigenvalue weighted by Crippen LogP contribution is -2.10. The molecule has 100 valence electrons. The van der Waals surface area contributed by atoms with Gasteiger partial charge in [-0.15, -0.1) is 0 Å². The van der Waals surface area contributed by atoms with Crippen LogP contribution in [-0.4, -0.2) is 9.55 Å². The summed E-state index contributed by atoms with van der Waals surface area (Å²) in [6.45, 7) is 2.69. The van der Waals surface area contributed by atoms with Crippen LogP contribution < -0.4 is 5.73 Å². The Bertz CT molecular complexity index is 616. The van der Waals surface area contributed by atoms with E-state index in [4.69, 9.17) is 5.73 Å². The van der Waals surface area contributed by atoms with Crippen molar-refractivity contribution in [3.63, 3.8) is 0 Å². The van der Waals surface area contributed by atoms with Gasteiger partial charge in [-0.2, -0.15) is 0 Å². The predicted octanol–water partition coefficient (Wildman–Crippen LogP) is 2.84. The summed E-state index contributed by atoms with van der Waals surface area (Å²) in [5.41, 5.74) is 9.18. The molecule has 0 unspecified atom stereocenters. The fourth-order valence-electron chi connectivity index (χ4n) is 2.80. The van der Waals surface area contributed by atoms with Crippen molar-refractivity contribution >= 4 is 5.69 Å². The van der Waals surface area contributed by atoms with E-state index in [0.717, 1.165) is 24.2 Å². The third-order valence-corrected chi connectivity index (χ3v) is 3.83. The fourth-order valence-corrected chi connectivity index (χ4v) is 2.80. The highest BCUT2D eigenvalue weighted by Crippen LogP contribution is 2.23. The molecular formula is C15H18FN3. The van der Waals surface area contributed by atoms with Crippen LogP contribution in [0.3, 0.4) is 0 Å². The van der Waals surface area contributed by atoms with Crippen molar-refractivity contribution < 1.29 is 4.39 Å². The van der Waals surface area contributed by atoms with E-state index in [9.17, 15) is 4.39 Å². The van der Waals surface area contributed by atoms with Crippen LogP contribution in [0.1, 0.15) is 35.6 Å².